The van der Waals surface area contributed by atoms with Gasteiger partial charge in [0.1, 0.15) is 6.04 Å². The van der Waals surface area contributed by atoms with E-state index in [4.69, 9.17) is 14.5 Å². The van der Waals surface area contributed by atoms with E-state index in [1.54, 1.807) is 7.11 Å². The molecule has 6 nitrogen and oxygen atoms in total. The van der Waals surface area contributed by atoms with E-state index >= 15 is 0 Å². The summed E-state index contributed by atoms with van der Waals surface area (Å²) in [6.45, 7) is 2.49. The minimum absolute atomic E-state index is 0.0864. The molecule has 2 heterocycles. The smallest absolute Gasteiger partial charge is 0.325 e. The third-order valence-corrected chi connectivity index (χ3v) is 6.84. The van der Waals surface area contributed by atoms with Crippen LogP contribution in [0.25, 0.3) is 0 Å². The highest BCUT2D eigenvalue weighted by Crippen LogP contribution is 2.29. The van der Waals surface area contributed by atoms with E-state index in [0.717, 1.165) is 49.8 Å². The van der Waals surface area contributed by atoms with Gasteiger partial charge in [-0.1, -0.05) is 30.3 Å². The molecule has 0 unspecified atom stereocenters. The number of carboxylic acid groups (broad SMARTS) is 1. The first-order valence-electron chi connectivity index (χ1n) is 12.3. The number of aryl methyl sites for hydroxylation is 3. The van der Waals surface area contributed by atoms with Crippen molar-refractivity contribution in [2.24, 2.45) is 0 Å². The molecule has 0 amide bonds. The number of unbranched alkanes of at least 4 members (excludes halogenated alkanes) is 1. The maximum absolute atomic E-state index is 12.1. The van der Waals surface area contributed by atoms with Gasteiger partial charge in [-0.15, -0.1) is 0 Å². The highest BCUT2D eigenvalue weighted by molar-refractivity contribution is 5.76. The van der Waals surface area contributed by atoms with E-state index in [2.05, 4.69) is 12.1 Å². The third-order valence-electron chi connectivity index (χ3n) is 6.84. The van der Waals surface area contributed by atoms with Crippen molar-refractivity contribution >= 4 is 5.97 Å². The lowest BCUT2D eigenvalue weighted by Gasteiger charge is -2.26. The average molecular weight is 453 g/mol. The van der Waals surface area contributed by atoms with E-state index in [0.29, 0.717) is 19.8 Å². The molecule has 1 saturated heterocycles. The van der Waals surface area contributed by atoms with Gasteiger partial charge in [0.05, 0.1) is 12.7 Å². The Morgan fingerprint density at radius 2 is 2.03 bits per heavy atom. The molecule has 0 spiro atoms. The van der Waals surface area contributed by atoms with Gasteiger partial charge in [0.15, 0.2) is 0 Å². The molecule has 6 heteroatoms. The Morgan fingerprint density at radius 3 is 2.88 bits per heavy atom. The number of hydrogen-bond donors (Lipinski definition) is 1. The van der Waals surface area contributed by atoms with Gasteiger partial charge in [0.2, 0.25) is 0 Å². The standard InChI is InChI=1S/C27H36N2O4/c1-32-19-21-9-2-4-11-24(21)26(27(30)31)29-16-15-23(18-29)33-17-7-6-10-22-14-13-20-8-3-5-12-25(20)28-22/h2,4,9,11,13-14,23,26H,3,5-8,10,12,15-19H2,1H3,(H,30,31)/t23-,26+/m1/s1. The molecule has 0 saturated carbocycles. The van der Waals surface area contributed by atoms with E-state index in [1.165, 1.54) is 36.2 Å². The Labute approximate surface area is 196 Å². The number of aliphatic carboxylic acids is 1. The molecule has 2 atom stereocenters. The Morgan fingerprint density at radius 1 is 1.18 bits per heavy atom. The van der Waals surface area contributed by atoms with Crippen molar-refractivity contribution in [2.45, 2.75) is 70.1 Å². The van der Waals surface area contributed by atoms with Gasteiger partial charge >= 0.3 is 5.97 Å². The lowest BCUT2D eigenvalue weighted by molar-refractivity contribution is -0.143. The van der Waals surface area contributed by atoms with E-state index in [9.17, 15) is 9.90 Å². The van der Waals surface area contributed by atoms with Crippen LogP contribution in [-0.4, -0.2) is 53.9 Å². The van der Waals surface area contributed by atoms with Crippen LogP contribution in [0.3, 0.4) is 0 Å². The van der Waals surface area contributed by atoms with Crippen molar-refractivity contribution in [1.29, 1.82) is 0 Å². The molecular formula is C27H36N2O4. The van der Waals surface area contributed by atoms with Crippen molar-refractivity contribution in [1.82, 2.24) is 9.88 Å². The first-order valence-corrected chi connectivity index (χ1v) is 12.3. The summed E-state index contributed by atoms with van der Waals surface area (Å²) in [5.41, 5.74) is 5.67. The zero-order valence-corrected chi connectivity index (χ0v) is 19.7. The summed E-state index contributed by atoms with van der Waals surface area (Å²) in [5.74, 6) is -0.822. The van der Waals surface area contributed by atoms with Gasteiger partial charge in [0, 0.05) is 38.2 Å². The summed E-state index contributed by atoms with van der Waals surface area (Å²) in [7, 11) is 1.63. The lowest BCUT2D eigenvalue weighted by Crippen LogP contribution is -2.34. The summed E-state index contributed by atoms with van der Waals surface area (Å²) in [5, 5.41) is 9.97. The number of rotatable bonds is 11. The number of carboxylic acids is 1. The van der Waals surface area contributed by atoms with Crippen LogP contribution in [0.5, 0.6) is 0 Å². The van der Waals surface area contributed by atoms with E-state index in [-0.39, 0.29) is 6.10 Å². The molecule has 0 radical (unpaired) electrons. The molecule has 1 aliphatic carbocycles. The third kappa shape index (κ3) is 6.19. The number of methoxy groups -OCH3 is 1. The number of nitrogens with zero attached hydrogens (tertiary/aromatic N) is 2. The van der Waals surface area contributed by atoms with Crippen LogP contribution in [0.4, 0.5) is 0 Å². The fourth-order valence-corrected chi connectivity index (χ4v) is 5.12. The molecule has 2 aliphatic rings. The molecule has 33 heavy (non-hydrogen) atoms. The van der Waals surface area contributed by atoms with Crippen LogP contribution in [0.1, 0.15) is 66.2 Å². The SMILES string of the molecule is COCc1ccccc1[C@@H](C(=O)O)N1CC[C@@H](OCCCCc2ccc3c(n2)CCCC3)C1. The highest BCUT2D eigenvalue weighted by Gasteiger charge is 2.35. The van der Waals surface area contributed by atoms with Crippen LogP contribution >= 0.6 is 0 Å². The molecule has 2 aromatic rings. The molecule has 1 N–H and O–H groups in total. The van der Waals surface area contributed by atoms with Gasteiger partial charge in [-0.2, -0.15) is 0 Å². The Bertz CT molecular complexity index is 932. The number of pyridine rings is 1. The number of carbonyl (C=O) groups is 1. The molecular weight excluding hydrogens is 416 g/mol. The van der Waals surface area contributed by atoms with Gasteiger partial charge in [-0.25, -0.2) is 0 Å². The minimum atomic E-state index is -0.822. The van der Waals surface area contributed by atoms with Gasteiger partial charge in [0.25, 0.3) is 0 Å². The molecule has 1 aromatic carbocycles. The molecule has 1 aromatic heterocycles. The van der Waals surface area contributed by atoms with E-state index < -0.39 is 12.0 Å². The number of benzene rings is 1. The van der Waals surface area contributed by atoms with Gasteiger partial charge in [-0.3, -0.25) is 14.7 Å². The fourth-order valence-electron chi connectivity index (χ4n) is 5.12. The predicted octanol–water partition coefficient (Wildman–Crippen LogP) is 4.35. The summed E-state index contributed by atoms with van der Waals surface area (Å²) in [6.07, 6.45) is 8.84. The Balaban J connectivity index is 1.23. The molecule has 1 aliphatic heterocycles. The molecule has 4 rings (SSSR count). The topological polar surface area (TPSA) is 71.9 Å². The summed E-state index contributed by atoms with van der Waals surface area (Å²) >= 11 is 0. The number of aromatic nitrogens is 1. The highest BCUT2D eigenvalue weighted by atomic mass is 16.5. The summed E-state index contributed by atoms with van der Waals surface area (Å²) < 4.78 is 11.4. The second-order valence-corrected chi connectivity index (χ2v) is 9.22. The van der Waals surface area contributed by atoms with Crippen LogP contribution in [0.15, 0.2) is 36.4 Å². The van der Waals surface area contributed by atoms with Crippen molar-refractivity contribution in [3.8, 4) is 0 Å². The lowest BCUT2D eigenvalue weighted by atomic mass is 9.95. The first-order chi connectivity index (χ1) is 16.2. The van der Waals surface area contributed by atoms with Gasteiger partial charge in [-0.05, 0) is 74.1 Å². The van der Waals surface area contributed by atoms with Crippen LogP contribution < -0.4 is 0 Å². The fraction of sp³-hybridized carbons (Fsp3) is 0.556. The second-order valence-electron chi connectivity index (χ2n) is 9.22. The van der Waals surface area contributed by atoms with E-state index in [1.807, 2.05) is 29.2 Å². The zero-order chi connectivity index (χ0) is 23.0. The molecule has 1 fully saturated rings. The maximum atomic E-state index is 12.1. The minimum Gasteiger partial charge on any atom is -0.480 e. The van der Waals surface area contributed by atoms with Crippen molar-refractivity contribution < 1.29 is 19.4 Å². The normalized spacial score (nSPS) is 19.4. The monoisotopic (exact) mass is 452 g/mol. The maximum Gasteiger partial charge on any atom is 0.325 e. The number of hydrogen-bond acceptors (Lipinski definition) is 5. The van der Waals surface area contributed by atoms with Crippen LogP contribution in [0, 0.1) is 0 Å². The summed E-state index contributed by atoms with van der Waals surface area (Å²) in [4.78, 5) is 19.0. The Hall–Kier alpha value is -2.28. The first kappa shape index (κ1) is 23.9. The van der Waals surface area contributed by atoms with Crippen LogP contribution in [-0.2, 0) is 40.1 Å². The molecule has 0 bridgehead atoms. The average Bonchev–Trinajstić information content (AvgIpc) is 3.28. The van der Waals surface area contributed by atoms with Crippen molar-refractivity contribution in [2.75, 3.05) is 26.8 Å². The number of fused-ring (bicyclic) bond motifs is 1. The van der Waals surface area contributed by atoms with Gasteiger partial charge < -0.3 is 14.6 Å². The Kier molecular flexibility index (Phi) is 8.48. The largest absolute Gasteiger partial charge is 0.480 e. The van der Waals surface area contributed by atoms with Crippen LogP contribution in [0.2, 0.25) is 0 Å². The zero-order valence-electron chi connectivity index (χ0n) is 19.7. The molecule has 178 valence electrons. The summed E-state index contributed by atoms with van der Waals surface area (Å²) in [6, 6.07) is 11.4. The quantitative estimate of drug-likeness (QED) is 0.511. The van der Waals surface area contributed by atoms with Crippen molar-refractivity contribution in [3.05, 3.63) is 64.5 Å². The predicted molar refractivity (Wildman–Crippen MR) is 127 cm³/mol. The second kappa shape index (κ2) is 11.7. The van der Waals surface area contributed by atoms with Crippen molar-refractivity contribution in [3.63, 3.8) is 0 Å². The number of ether oxygens (including phenoxy) is 2. The number of likely N-dealkylation sites (tertiary alicyclic amines) is 1.